The summed E-state index contributed by atoms with van der Waals surface area (Å²) in [6.45, 7) is 3.28. The molecule has 0 heterocycles. The van der Waals surface area contributed by atoms with Crippen LogP contribution in [0, 0.1) is 4.91 Å². The number of allylic oxidation sites excluding steroid dienone is 3. The number of aliphatic imine (C=N–C) groups is 1. The fourth-order valence-electron chi connectivity index (χ4n) is 0.725. The first-order valence-corrected chi connectivity index (χ1v) is 4.33. The molecule has 1 N–H and O–H groups in total. The van der Waals surface area contributed by atoms with Gasteiger partial charge in [0.05, 0.1) is 0 Å². The van der Waals surface area contributed by atoms with Gasteiger partial charge in [-0.15, -0.1) is 6.58 Å². The minimum atomic E-state index is -4.57. The van der Waals surface area contributed by atoms with Gasteiger partial charge in [-0.2, -0.15) is 18.1 Å². The summed E-state index contributed by atoms with van der Waals surface area (Å²) < 4.78 is 36.9. The highest BCUT2D eigenvalue weighted by atomic mass is 19.4. The summed E-state index contributed by atoms with van der Waals surface area (Å²) in [7, 11) is -1.57. The van der Waals surface area contributed by atoms with Crippen molar-refractivity contribution in [3.8, 4) is 0 Å². The van der Waals surface area contributed by atoms with E-state index < -0.39 is 18.9 Å². The van der Waals surface area contributed by atoms with E-state index in [1.54, 1.807) is 0 Å². The number of hydrogen-bond acceptors (Lipinski definition) is 4. The van der Waals surface area contributed by atoms with E-state index in [4.69, 9.17) is 5.02 Å². The zero-order valence-electron chi connectivity index (χ0n) is 8.31. The highest BCUT2D eigenvalue weighted by molar-refractivity contribution is 6.51. The van der Waals surface area contributed by atoms with Crippen molar-refractivity contribution >= 4 is 13.3 Å². The molecular formula is C8H10BF3N2O2. The van der Waals surface area contributed by atoms with Crippen LogP contribution in [0.25, 0.3) is 0 Å². The zero-order valence-corrected chi connectivity index (χ0v) is 8.31. The maximum Gasteiger partial charge on any atom is 0.488 e. The molecule has 0 fully saturated rings. The zero-order chi connectivity index (χ0) is 12.6. The van der Waals surface area contributed by atoms with Gasteiger partial charge < -0.3 is 5.02 Å². The largest absolute Gasteiger partial charge is 0.488 e. The topological polar surface area (TPSA) is 62.0 Å². The molecular weight excluding hydrogens is 224 g/mol. The Morgan fingerprint density at radius 2 is 2.12 bits per heavy atom. The molecule has 0 amide bonds. The second-order valence-corrected chi connectivity index (χ2v) is 2.74. The van der Waals surface area contributed by atoms with Gasteiger partial charge >= 0.3 is 13.2 Å². The molecule has 0 spiro atoms. The number of alkyl halides is 3. The highest BCUT2D eigenvalue weighted by Gasteiger charge is 2.33. The maximum atomic E-state index is 12.3. The molecule has 88 valence electrons. The van der Waals surface area contributed by atoms with Gasteiger partial charge in [0.1, 0.15) is 5.70 Å². The normalized spacial score (nSPS) is 12.9. The lowest BCUT2D eigenvalue weighted by Gasteiger charge is -2.05. The van der Waals surface area contributed by atoms with Gasteiger partial charge in [0.15, 0.2) is 0 Å². The average Bonchev–Trinajstić information content (AvgIpc) is 2.20. The van der Waals surface area contributed by atoms with Crippen molar-refractivity contribution < 1.29 is 18.2 Å². The predicted octanol–water partition coefficient (Wildman–Crippen LogP) is 2.33. The van der Waals surface area contributed by atoms with E-state index in [0.29, 0.717) is 0 Å². The molecule has 0 rings (SSSR count). The maximum absolute atomic E-state index is 12.3. The molecule has 4 nitrogen and oxygen atoms in total. The Labute approximate surface area is 90.7 Å². The molecule has 16 heavy (non-hydrogen) atoms. The van der Waals surface area contributed by atoms with E-state index >= 15 is 0 Å². The van der Waals surface area contributed by atoms with Crippen LogP contribution >= 0.6 is 0 Å². The lowest BCUT2D eigenvalue weighted by molar-refractivity contribution is -0.0924. The summed E-state index contributed by atoms with van der Waals surface area (Å²) in [4.78, 5) is 12.9. The van der Waals surface area contributed by atoms with Crippen LogP contribution in [0.4, 0.5) is 13.2 Å². The van der Waals surface area contributed by atoms with Crippen molar-refractivity contribution in [2.75, 3.05) is 0 Å². The third-order valence-electron chi connectivity index (χ3n) is 1.44. The van der Waals surface area contributed by atoms with Crippen LogP contribution in [0.5, 0.6) is 0 Å². The van der Waals surface area contributed by atoms with Gasteiger partial charge in [0.2, 0.25) is 0 Å². The number of nitroso groups, excluding NO2 is 1. The van der Waals surface area contributed by atoms with Crippen LogP contribution in [0.1, 0.15) is 6.42 Å². The first-order valence-electron chi connectivity index (χ1n) is 4.33. The van der Waals surface area contributed by atoms with Crippen molar-refractivity contribution in [3.05, 3.63) is 29.3 Å². The third-order valence-corrected chi connectivity index (χ3v) is 1.44. The van der Waals surface area contributed by atoms with Gasteiger partial charge in [-0.3, -0.25) is 4.99 Å². The van der Waals surface area contributed by atoms with Gasteiger partial charge in [0, 0.05) is 12.5 Å². The fourth-order valence-corrected chi connectivity index (χ4v) is 0.725. The Bertz CT molecular complexity index is 302. The smallest absolute Gasteiger partial charge is 0.429 e. The van der Waals surface area contributed by atoms with Crippen LogP contribution in [0.2, 0.25) is 6.32 Å². The Hall–Kier alpha value is -1.44. The van der Waals surface area contributed by atoms with Crippen molar-refractivity contribution in [1.82, 2.24) is 0 Å². The van der Waals surface area contributed by atoms with Gasteiger partial charge in [-0.25, -0.2) is 0 Å². The summed E-state index contributed by atoms with van der Waals surface area (Å²) in [5, 5.41) is 10.9. The SMILES string of the molecule is C=CC/C=C(\N=C/CB(O)N=O)C(F)(F)F. The summed E-state index contributed by atoms with van der Waals surface area (Å²) in [6.07, 6.45) is -1.95. The number of hydrogen-bond donors (Lipinski definition) is 1. The minimum Gasteiger partial charge on any atom is -0.429 e. The molecule has 0 bridgehead atoms. The molecule has 0 saturated heterocycles. The van der Waals surface area contributed by atoms with Crippen LogP contribution < -0.4 is 0 Å². The fraction of sp³-hybridized carbons (Fsp3) is 0.375. The van der Waals surface area contributed by atoms with Crippen LogP contribution in [-0.2, 0) is 0 Å². The molecule has 0 aromatic heterocycles. The van der Waals surface area contributed by atoms with Crippen molar-refractivity contribution in [1.29, 1.82) is 0 Å². The first kappa shape index (κ1) is 14.6. The second kappa shape index (κ2) is 6.94. The van der Waals surface area contributed by atoms with E-state index in [9.17, 15) is 18.1 Å². The third kappa shape index (κ3) is 6.12. The molecule has 0 aliphatic heterocycles. The van der Waals surface area contributed by atoms with E-state index in [1.165, 1.54) is 6.08 Å². The molecule has 0 aliphatic rings. The first-order chi connectivity index (χ1) is 7.41. The van der Waals surface area contributed by atoms with Crippen LogP contribution in [0.3, 0.4) is 0 Å². The van der Waals surface area contributed by atoms with Crippen molar-refractivity contribution in [2.24, 2.45) is 10.1 Å². The van der Waals surface area contributed by atoms with Gasteiger partial charge in [-0.05, 0) is 12.5 Å². The Morgan fingerprint density at radius 3 is 2.56 bits per heavy atom. The molecule has 0 aromatic carbocycles. The Balaban J connectivity index is 4.55. The van der Waals surface area contributed by atoms with Gasteiger partial charge in [-0.1, -0.05) is 11.2 Å². The second-order valence-electron chi connectivity index (χ2n) is 2.74. The summed E-state index contributed by atoms with van der Waals surface area (Å²) in [5.41, 5.74) is -1.09. The van der Waals surface area contributed by atoms with E-state index in [-0.39, 0.29) is 12.7 Å². The Kier molecular flexibility index (Phi) is 6.32. The highest BCUT2D eigenvalue weighted by Crippen LogP contribution is 2.26. The minimum absolute atomic E-state index is 0.0284. The number of nitrogens with zero attached hydrogens (tertiary/aromatic N) is 2. The van der Waals surface area contributed by atoms with Crippen LogP contribution in [0.15, 0.2) is 34.5 Å². The lowest BCUT2D eigenvalue weighted by Crippen LogP contribution is -2.12. The van der Waals surface area contributed by atoms with E-state index in [1.807, 2.05) is 0 Å². The van der Waals surface area contributed by atoms with Crippen molar-refractivity contribution in [3.63, 3.8) is 0 Å². The van der Waals surface area contributed by atoms with E-state index in [2.05, 4.69) is 16.7 Å². The predicted molar refractivity (Wildman–Crippen MR) is 56.0 cm³/mol. The number of halogens is 3. The molecule has 8 heteroatoms. The molecule has 0 aromatic rings. The summed E-state index contributed by atoms with van der Waals surface area (Å²) in [6, 6.07) is 0. The Morgan fingerprint density at radius 1 is 1.50 bits per heavy atom. The number of rotatable bonds is 6. The molecule has 0 atom stereocenters. The molecule has 0 aliphatic carbocycles. The molecule has 0 saturated carbocycles. The van der Waals surface area contributed by atoms with Crippen LogP contribution in [-0.4, -0.2) is 24.5 Å². The molecule has 0 unspecified atom stereocenters. The monoisotopic (exact) mass is 234 g/mol. The van der Waals surface area contributed by atoms with Gasteiger partial charge in [0.25, 0.3) is 0 Å². The van der Waals surface area contributed by atoms with Crippen molar-refractivity contribution in [2.45, 2.75) is 18.9 Å². The summed E-state index contributed by atoms with van der Waals surface area (Å²) in [5.74, 6) is 0. The standard InChI is InChI=1S/C8H10BF3N2O2/c1-2-3-4-7(8(10,11)12)13-6-5-9(15)14-16/h2,4,6,15H,1,3,5H2/b7-4-,13-6-. The lowest BCUT2D eigenvalue weighted by atomic mass is 9.82. The quantitative estimate of drug-likeness (QED) is 0.331. The molecule has 0 radical (unpaired) electrons. The average molecular weight is 234 g/mol. The summed E-state index contributed by atoms with van der Waals surface area (Å²) >= 11 is 0. The van der Waals surface area contributed by atoms with E-state index in [0.717, 1.165) is 12.3 Å².